The molecule has 1 atom stereocenters. The van der Waals surface area contributed by atoms with E-state index >= 15 is 0 Å². The van der Waals surface area contributed by atoms with Gasteiger partial charge in [-0.25, -0.2) is 4.79 Å². The zero-order valence-electron chi connectivity index (χ0n) is 10.9. The zero-order valence-corrected chi connectivity index (χ0v) is 10.9. The number of nitrogens with one attached hydrogen (secondary N) is 1. The molecule has 1 N–H and O–H groups in total. The summed E-state index contributed by atoms with van der Waals surface area (Å²) in [6.45, 7) is 1.90. The van der Waals surface area contributed by atoms with Gasteiger partial charge in [0, 0.05) is 5.69 Å². The number of rotatable bonds is 2. The van der Waals surface area contributed by atoms with Crippen molar-refractivity contribution >= 4 is 17.7 Å². The van der Waals surface area contributed by atoms with Crippen LogP contribution in [0.5, 0.6) is 0 Å². The summed E-state index contributed by atoms with van der Waals surface area (Å²) in [5.41, 5.74) is 2.51. The summed E-state index contributed by atoms with van der Waals surface area (Å²) in [6.07, 6.45) is 5.66. The van der Waals surface area contributed by atoms with E-state index in [-0.39, 0.29) is 11.8 Å². The molecule has 1 aromatic carbocycles. The molecule has 1 heterocycles. The van der Waals surface area contributed by atoms with Crippen LogP contribution in [0.4, 0.5) is 5.69 Å². The predicted molar refractivity (Wildman–Crippen MR) is 71.8 cm³/mol. The van der Waals surface area contributed by atoms with Crippen LogP contribution >= 0.6 is 0 Å². The number of isocyanates is 1. The van der Waals surface area contributed by atoms with Crippen molar-refractivity contribution in [3.8, 4) is 0 Å². The van der Waals surface area contributed by atoms with E-state index in [0.29, 0.717) is 0 Å². The van der Waals surface area contributed by atoms with Gasteiger partial charge in [-0.1, -0.05) is 25.0 Å². The second-order valence-corrected chi connectivity index (χ2v) is 5.45. The van der Waals surface area contributed by atoms with E-state index in [1.165, 1.54) is 0 Å². The molecule has 4 nitrogen and oxygen atoms in total. The standard InChI is InChI=1S/C15H16N2O2/c1-10-12-8-11(4-5-13(12)17-14(10)19)15(16-9-18)6-2-3-7-15/h4-5,8,10H,2-3,6-7H2,1H3,(H,17,19). The van der Waals surface area contributed by atoms with Crippen molar-refractivity contribution in [3.05, 3.63) is 29.3 Å². The molecule has 0 saturated heterocycles. The average molecular weight is 256 g/mol. The smallest absolute Gasteiger partial charge is 0.235 e. The quantitative estimate of drug-likeness (QED) is 0.653. The number of benzene rings is 1. The van der Waals surface area contributed by atoms with Gasteiger partial charge < -0.3 is 5.32 Å². The molecule has 1 saturated carbocycles. The Hall–Kier alpha value is -1.93. The lowest BCUT2D eigenvalue weighted by atomic mass is 9.86. The minimum Gasteiger partial charge on any atom is -0.325 e. The van der Waals surface area contributed by atoms with E-state index < -0.39 is 5.54 Å². The summed E-state index contributed by atoms with van der Waals surface area (Å²) < 4.78 is 0. The molecular weight excluding hydrogens is 240 g/mol. The zero-order chi connectivity index (χ0) is 13.5. The summed E-state index contributed by atoms with van der Waals surface area (Å²) in [6, 6.07) is 5.93. The molecule has 1 amide bonds. The van der Waals surface area contributed by atoms with Gasteiger partial charge in [0.15, 0.2) is 0 Å². The fourth-order valence-electron chi connectivity index (χ4n) is 3.22. The first-order valence-corrected chi connectivity index (χ1v) is 6.71. The van der Waals surface area contributed by atoms with E-state index in [9.17, 15) is 9.59 Å². The van der Waals surface area contributed by atoms with Gasteiger partial charge in [0.1, 0.15) is 0 Å². The number of carbonyl (C=O) groups excluding carboxylic acids is 2. The normalized spacial score (nSPS) is 23.6. The predicted octanol–water partition coefficient (Wildman–Crippen LogP) is 2.85. The van der Waals surface area contributed by atoms with Crippen LogP contribution in [0.3, 0.4) is 0 Å². The molecule has 1 unspecified atom stereocenters. The number of nitrogens with zero attached hydrogens (tertiary/aromatic N) is 1. The van der Waals surface area contributed by atoms with Crippen molar-refractivity contribution in [2.75, 3.05) is 5.32 Å². The molecular formula is C15H16N2O2. The van der Waals surface area contributed by atoms with E-state index in [1.54, 1.807) is 6.08 Å². The summed E-state index contributed by atoms with van der Waals surface area (Å²) in [7, 11) is 0. The van der Waals surface area contributed by atoms with E-state index in [0.717, 1.165) is 42.5 Å². The second-order valence-electron chi connectivity index (χ2n) is 5.45. The summed E-state index contributed by atoms with van der Waals surface area (Å²) >= 11 is 0. The number of anilines is 1. The van der Waals surface area contributed by atoms with Gasteiger partial charge in [0.2, 0.25) is 12.0 Å². The van der Waals surface area contributed by atoms with Crippen molar-refractivity contribution in [2.45, 2.75) is 44.1 Å². The first-order chi connectivity index (χ1) is 9.16. The third kappa shape index (κ3) is 1.80. The molecule has 98 valence electrons. The molecule has 1 aliphatic carbocycles. The lowest BCUT2D eigenvalue weighted by molar-refractivity contribution is -0.116. The molecule has 0 spiro atoms. The maximum atomic E-state index is 11.7. The Kier molecular flexibility index (Phi) is 2.76. The third-order valence-corrected chi connectivity index (χ3v) is 4.40. The Balaban J connectivity index is 2.07. The highest BCUT2D eigenvalue weighted by molar-refractivity contribution is 6.02. The van der Waals surface area contributed by atoms with E-state index in [4.69, 9.17) is 0 Å². The first-order valence-electron chi connectivity index (χ1n) is 6.71. The van der Waals surface area contributed by atoms with Gasteiger partial charge in [-0.15, -0.1) is 0 Å². The number of aliphatic imine (C=N–C) groups is 1. The van der Waals surface area contributed by atoms with Gasteiger partial charge in [-0.05, 0) is 37.0 Å². The number of carbonyl (C=O) groups is 1. The molecule has 19 heavy (non-hydrogen) atoms. The highest BCUT2D eigenvalue weighted by atomic mass is 16.2. The lowest BCUT2D eigenvalue weighted by Crippen LogP contribution is -2.19. The van der Waals surface area contributed by atoms with Gasteiger partial charge >= 0.3 is 0 Å². The fourth-order valence-corrected chi connectivity index (χ4v) is 3.22. The Morgan fingerprint density at radius 2 is 2.11 bits per heavy atom. The van der Waals surface area contributed by atoms with Crippen LogP contribution in [0.2, 0.25) is 0 Å². The van der Waals surface area contributed by atoms with E-state index in [2.05, 4.69) is 10.3 Å². The van der Waals surface area contributed by atoms with Crippen molar-refractivity contribution in [1.82, 2.24) is 0 Å². The van der Waals surface area contributed by atoms with Crippen molar-refractivity contribution in [1.29, 1.82) is 0 Å². The van der Waals surface area contributed by atoms with Crippen LogP contribution in [-0.2, 0) is 15.1 Å². The summed E-state index contributed by atoms with van der Waals surface area (Å²) in [5.74, 6) is -0.0971. The van der Waals surface area contributed by atoms with Crippen LogP contribution in [0, 0.1) is 0 Å². The molecule has 0 radical (unpaired) electrons. The summed E-state index contributed by atoms with van der Waals surface area (Å²) in [4.78, 5) is 26.5. The topological polar surface area (TPSA) is 58.5 Å². The van der Waals surface area contributed by atoms with Crippen LogP contribution in [0.1, 0.15) is 49.7 Å². The minimum atomic E-state index is -0.415. The molecule has 1 aromatic rings. The third-order valence-electron chi connectivity index (χ3n) is 4.40. The molecule has 0 bridgehead atoms. The number of hydrogen-bond acceptors (Lipinski definition) is 3. The largest absolute Gasteiger partial charge is 0.325 e. The molecule has 0 aromatic heterocycles. The highest BCUT2D eigenvalue weighted by Gasteiger charge is 2.37. The fraction of sp³-hybridized carbons (Fsp3) is 0.467. The number of hydrogen-bond donors (Lipinski definition) is 1. The molecule has 1 aliphatic heterocycles. The second kappa shape index (κ2) is 4.32. The SMILES string of the molecule is CC1C(=O)Nc2ccc(C3(N=C=O)CCCC3)cc21. The lowest BCUT2D eigenvalue weighted by Gasteiger charge is -2.23. The Morgan fingerprint density at radius 1 is 1.37 bits per heavy atom. The van der Waals surface area contributed by atoms with Crippen LogP contribution < -0.4 is 5.32 Å². The maximum absolute atomic E-state index is 11.7. The Labute approximate surface area is 111 Å². The number of amides is 1. The highest BCUT2D eigenvalue weighted by Crippen LogP contribution is 2.44. The molecule has 3 rings (SSSR count). The molecule has 2 aliphatic rings. The van der Waals surface area contributed by atoms with Crippen molar-refractivity contribution in [2.24, 2.45) is 4.99 Å². The van der Waals surface area contributed by atoms with Gasteiger partial charge in [0.25, 0.3) is 0 Å². The minimum absolute atomic E-state index is 0.0338. The van der Waals surface area contributed by atoms with Crippen molar-refractivity contribution in [3.63, 3.8) is 0 Å². The van der Waals surface area contributed by atoms with Gasteiger partial charge in [0.05, 0.1) is 11.5 Å². The van der Waals surface area contributed by atoms with Gasteiger partial charge in [-0.3, -0.25) is 4.79 Å². The molecule has 1 fully saturated rings. The molecule has 4 heteroatoms. The first kappa shape index (κ1) is 12.1. The summed E-state index contributed by atoms with van der Waals surface area (Å²) in [5, 5.41) is 2.86. The van der Waals surface area contributed by atoms with Crippen LogP contribution in [0.15, 0.2) is 23.2 Å². The van der Waals surface area contributed by atoms with Gasteiger partial charge in [-0.2, -0.15) is 4.99 Å². The Bertz CT molecular complexity index is 582. The average Bonchev–Trinajstić information content (AvgIpc) is 2.98. The van der Waals surface area contributed by atoms with Crippen LogP contribution in [-0.4, -0.2) is 12.0 Å². The Morgan fingerprint density at radius 3 is 2.79 bits per heavy atom. The maximum Gasteiger partial charge on any atom is 0.235 e. The number of fused-ring (bicyclic) bond motifs is 1. The van der Waals surface area contributed by atoms with E-state index in [1.807, 2.05) is 25.1 Å². The van der Waals surface area contributed by atoms with Crippen LogP contribution in [0.25, 0.3) is 0 Å². The monoisotopic (exact) mass is 256 g/mol. The van der Waals surface area contributed by atoms with Crippen molar-refractivity contribution < 1.29 is 9.59 Å².